The highest BCUT2D eigenvalue weighted by Gasteiger charge is 2.28. The molecule has 186 valence electrons. The molecule has 1 saturated heterocycles. The first-order chi connectivity index (χ1) is 16.6. The number of carbonyl (C=O) groups is 1. The minimum atomic E-state index is -2.36. The number of carboxylic acid groups (broad SMARTS) is 1. The van der Waals surface area contributed by atoms with E-state index in [0.717, 1.165) is 5.56 Å². The van der Waals surface area contributed by atoms with Crippen LogP contribution in [-0.2, 0) is 7.05 Å². The Morgan fingerprint density at radius 3 is 2.54 bits per heavy atom. The third kappa shape index (κ3) is 4.93. The van der Waals surface area contributed by atoms with Gasteiger partial charge in [-0.1, -0.05) is 17.7 Å². The smallest absolute Gasteiger partial charge is 0.356 e. The SMILES string of the molecule is Cc1cc([C@@H](C)Nc2ccc(Cl)nc2C(=O)O)c2nc(N3CCC(C(F)F)CC3)n(C)c(=O)c2c1. The number of fused-ring (bicyclic) bond motifs is 1. The molecular formula is C24H26ClF2N5O3. The van der Waals surface area contributed by atoms with Gasteiger partial charge >= 0.3 is 5.97 Å². The summed E-state index contributed by atoms with van der Waals surface area (Å²) in [6, 6.07) is 6.25. The number of hydrogen-bond donors (Lipinski definition) is 2. The Bertz CT molecular complexity index is 1340. The maximum absolute atomic E-state index is 13.3. The van der Waals surface area contributed by atoms with Crippen LogP contribution in [0.25, 0.3) is 10.9 Å². The second-order valence-corrected chi connectivity index (χ2v) is 9.27. The van der Waals surface area contributed by atoms with Gasteiger partial charge in [0.1, 0.15) is 5.15 Å². The molecular weight excluding hydrogens is 480 g/mol. The highest BCUT2D eigenvalue weighted by molar-refractivity contribution is 6.29. The number of nitrogens with zero attached hydrogens (tertiary/aromatic N) is 4. The number of benzene rings is 1. The summed E-state index contributed by atoms with van der Waals surface area (Å²) in [6.45, 7) is 4.47. The van der Waals surface area contributed by atoms with Crippen LogP contribution in [0.5, 0.6) is 0 Å². The molecule has 2 aromatic heterocycles. The normalized spacial score (nSPS) is 15.6. The number of carboxylic acids is 1. The highest BCUT2D eigenvalue weighted by atomic mass is 35.5. The number of anilines is 2. The van der Waals surface area contributed by atoms with Crippen molar-refractivity contribution in [1.82, 2.24) is 14.5 Å². The van der Waals surface area contributed by atoms with Crippen molar-refractivity contribution >= 4 is 40.1 Å². The van der Waals surface area contributed by atoms with E-state index in [2.05, 4.69) is 10.3 Å². The molecule has 0 saturated carbocycles. The van der Waals surface area contributed by atoms with Gasteiger partial charge in [0.15, 0.2) is 5.69 Å². The Hall–Kier alpha value is -3.27. The molecule has 3 aromatic rings. The van der Waals surface area contributed by atoms with Crippen molar-refractivity contribution in [3.8, 4) is 0 Å². The standard InChI is InChI=1S/C24H26ClF2N5O3/c1-12-10-15(13(2)28-17-4-5-18(25)29-20(17)23(34)35)19-16(11-12)22(33)31(3)24(30-19)32-8-6-14(7-9-32)21(26)27/h4-5,10-11,13-14,21,28H,6-9H2,1-3H3,(H,34,35)/t13-/m1/s1. The Balaban J connectivity index is 1.76. The number of aromatic carboxylic acids is 1. The van der Waals surface area contributed by atoms with Gasteiger partial charge in [0.25, 0.3) is 5.56 Å². The van der Waals surface area contributed by atoms with Crippen LogP contribution in [-0.4, -0.2) is 45.1 Å². The number of halogens is 3. The summed E-state index contributed by atoms with van der Waals surface area (Å²) in [6.07, 6.45) is -1.71. The van der Waals surface area contributed by atoms with Gasteiger partial charge in [-0.25, -0.2) is 23.5 Å². The molecule has 1 aliphatic rings. The van der Waals surface area contributed by atoms with E-state index in [9.17, 15) is 23.5 Å². The fourth-order valence-electron chi connectivity index (χ4n) is 4.53. The second kappa shape index (κ2) is 9.77. The van der Waals surface area contributed by atoms with Crippen LogP contribution in [0.4, 0.5) is 20.4 Å². The van der Waals surface area contributed by atoms with E-state index in [1.807, 2.05) is 24.8 Å². The van der Waals surface area contributed by atoms with Crippen molar-refractivity contribution in [2.75, 3.05) is 23.3 Å². The van der Waals surface area contributed by atoms with Gasteiger partial charge < -0.3 is 15.3 Å². The van der Waals surface area contributed by atoms with Gasteiger partial charge in [-0.15, -0.1) is 0 Å². The fourth-order valence-corrected chi connectivity index (χ4v) is 4.68. The quantitative estimate of drug-likeness (QED) is 0.470. The number of rotatable bonds is 6. The summed E-state index contributed by atoms with van der Waals surface area (Å²) >= 11 is 5.87. The zero-order valence-corrected chi connectivity index (χ0v) is 20.3. The number of aryl methyl sites for hydroxylation is 1. The van der Waals surface area contributed by atoms with E-state index in [1.54, 1.807) is 13.1 Å². The lowest BCUT2D eigenvalue weighted by Crippen LogP contribution is -2.39. The zero-order chi connectivity index (χ0) is 25.4. The fraction of sp³-hybridized carbons (Fsp3) is 0.417. The highest BCUT2D eigenvalue weighted by Crippen LogP contribution is 2.30. The van der Waals surface area contributed by atoms with Crippen molar-refractivity contribution in [1.29, 1.82) is 0 Å². The van der Waals surface area contributed by atoms with Gasteiger partial charge in [0, 0.05) is 31.6 Å². The minimum Gasteiger partial charge on any atom is -0.476 e. The largest absolute Gasteiger partial charge is 0.476 e. The Morgan fingerprint density at radius 2 is 1.91 bits per heavy atom. The first-order valence-corrected chi connectivity index (χ1v) is 11.7. The molecule has 0 bridgehead atoms. The van der Waals surface area contributed by atoms with Crippen molar-refractivity contribution in [3.63, 3.8) is 0 Å². The van der Waals surface area contributed by atoms with Crippen LogP contribution in [0.2, 0.25) is 5.15 Å². The lowest BCUT2D eigenvalue weighted by molar-refractivity contribution is 0.0633. The molecule has 1 atom stereocenters. The summed E-state index contributed by atoms with van der Waals surface area (Å²) in [5.41, 5.74) is 1.85. The van der Waals surface area contributed by atoms with Gasteiger partial charge in [0.05, 0.1) is 22.6 Å². The van der Waals surface area contributed by atoms with Crippen LogP contribution in [0.3, 0.4) is 0 Å². The molecule has 2 N–H and O–H groups in total. The maximum Gasteiger partial charge on any atom is 0.356 e. The zero-order valence-electron chi connectivity index (χ0n) is 19.6. The van der Waals surface area contributed by atoms with Crippen molar-refractivity contribution in [2.45, 2.75) is 39.2 Å². The van der Waals surface area contributed by atoms with Gasteiger partial charge in [-0.05, 0) is 50.5 Å². The first-order valence-electron chi connectivity index (χ1n) is 11.3. The molecule has 35 heavy (non-hydrogen) atoms. The van der Waals surface area contributed by atoms with E-state index in [4.69, 9.17) is 16.6 Å². The lowest BCUT2D eigenvalue weighted by Gasteiger charge is -2.33. The Labute approximate surface area is 205 Å². The monoisotopic (exact) mass is 505 g/mol. The summed E-state index contributed by atoms with van der Waals surface area (Å²) in [5, 5.41) is 13.2. The molecule has 3 heterocycles. The molecule has 0 spiro atoms. The molecule has 4 rings (SSSR count). The summed E-state index contributed by atoms with van der Waals surface area (Å²) in [7, 11) is 1.63. The maximum atomic E-state index is 13.3. The average molecular weight is 506 g/mol. The third-order valence-electron chi connectivity index (χ3n) is 6.41. The molecule has 11 heteroatoms. The minimum absolute atomic E-state index is 0.0621. The number of alkyl halides is 2. The predicted octanol–water partition coefficient (Wildman–Crippen LogP) is 4.64. The van der Waals surface area contributed by atoms with E-state index in [1.165, 1.54) is 16.7 Å². The van der Waals surface area contributed by atoms with E-state index >= 15 is 0 Å². The van der Waals surface area contributed by atoms with Gasteiger partial charge in [-0.2, -0.15) is 0 Å². The second-order valence-electron chi connectivity index (χ2n) is 8.89. The molecule has 1 aliphatic heterocycles. The van der Waals surface area contributed by atoms with Crippen LogP contribution >= 0.6 is 11.6 Å². The summed E-state index contributed by atoms with van der Waals surface area (Å²) in [5.74, 6) is -1.45. The number of nitrogens with one attached hydrogen (secondary N) is 1. The number of aromatic nitrogens is 3. The molecule has 1 fully saturated rings. The van der Waals surface area contributed by atoms with E-state index < -0.39 is 24.4 Å². The van der Waals surface area contributed by atoms with Crippen LogP contribution in [0, 0.1) is 12.8 Å². The van der Waals surface area contributed by atoms with Crippen LogP contribution in [0.1, 0.15) is 47.4 Å². The molecule has 0 aliphatic carbocycles. The molecule has 8 nitrogen and oxygen atoms in total. The predicted molar refractivity (Wildman–Crippen MR) is 131 cm³/mol. The van der Waals surface area contributed by atoms with Crippen molar-refractivity contribution in [2.24, 2.45) is 13.0 Å². The first kappa shape index (κ1) is 24.8. The van der Waals surface area contributed by atoms with Crippen LogP contribution < -0.4 is 15.8 Å². The van der Waals surface area contributed by atoms with E-state index in [-0.39, 0.29) is 22.1 Å². The topological polar surface area (TPSA) is 100 Å². The van der Waals surface area contributed by atoms with Gasteiger partial charge in [-0.3, -0.25) is 9.36 Å². The van der Waals surface area contributed by atoms with Crippen molar-refractivity contribution in [3.05, 3.63) is 56.6 Å². The van der Waals surface area contributed by atoms with Crippen molar-refractivity contribution < 1.29 is 18.7 Å². The van der Waals surface area contributed by atoms with Crippen LogP contribution in [0.15, 0.2) is 29.1 Å². The summed E-state index contributed by atoms with van der Waals surface area (Å²) in [4.78, 5) is 35.5. The number of pyridine rings is 1. The lowest BCUT2D eigenvalue weighted by atomic mass is 9.97. The Kier molecular flexibility index (Phi) is 6.93. The number of hydrogen-bond acceptors (Lipinski definition) is 6. The van der Waals surface area contributed by atoms with E-state index in [0.29, 0.717) is 48.3 Å². The van der Waals surface area contributed by atoms with Gasteiger partial charge in [0.2, 0.25) is 12.4 Å². The molecule has 0 unspecified atom stereocenters. The Morgan fingerprint density at radius 1 is 1.23 bits per heavy atom. The third-order valence-corrected chi connectivity index (χ3v) is 6.62. The summed E-state index contributed by atoms with van der Waals surface area (Å²) < 4.78 is 27.7. The number of piperidine rings is 1. The molecule has 1 aromatic carbocycles. The molecule has 0 radical (unpaired) electrons. The average Bonchev–Trinajstić information content (AvgIpc) is 2.82. The molecule has 0 amide bonds.